The zero-order chi connectivity index (χ0) is 15.9. The molecule has 0 atom stereocenters. The Morgan fingerprint density at radius 2 is 1.92 bits per heavy atom. The van der Waals surface area contributed by atoms with Crippen LogP contribution in [0.2, 0.25) is 0 Å². The van der Waals surface area contributed by atoms with Crippen molar-refractivity contribution < 1.29 is 9.47 Å². The van der Waals surface area contributed by atoms with Crippen LogP contribution >= 0.6 is 48.0 Å². The number of halogens is 2. The van der Waals surface area contributed by atoms with Gasteiger partial charge in [-0.25, -0.2) is 4.98 Å². The van der Waals surface area contributed by atoms with Gasteiger partial charge >= 0.3 is 0 Å². The first-order valence-corrected chi connectivity index (χ1v) is 8.38. The summed E-state index contributed by atoms with van der Waals surface area (Å²) in [6.07, 6.45) is 1.15. The summed E-state index contributed by atoms with van der Waals surface area (Å²) in [4.78, 5) is 7.26. The summed E-state index contributed by atoms with van der Waals surface area (Å²) < 4.78 is 13.0. The zero-order valence-electron chi connectivity index (χ0n) is 14.6. The molecule has 0 saturated carbocycles. The Morgan fingerprint density at radius 1 is 1.08 bits per heavy atom. The van der Waals surface area contributed by atoms with Gasteiger partial charge in [-0.2, -0.15) is 0 Å². The molecule has 1 fully saturated rings. The van der Waals surface area contributed by atoms with E-state index in [1.54, 1.807) is 7.11 Å². The van der Waals surface area contributed by atoms with Crippen LogP contribution in [0.3, 0.4) is 0 Å². The molecular weight excluding hydrogens is 546 g/mol. The number of hydrogen-bond donors (Lipinski definition) is 1. The summed E-state index contributed by atoms with van der Waals surface area (Å²) in [6.45, 7) is 6.87. The minimum absolute atomic E-state index is 0. The first kappa shape index (κ1) is 22.9. The van der Waals surface area contributed by atoms with Crippen molar-refractivity contribution in [2.45, 2.75) is 13.0 Å². The third-order valence-electron chi connectivity index (χ3n) is 4.15. The highest BCUT2D eigenvalue weighted by atomic mass is 127. The molecule has 1 aliphatic heterocycles. The van der Waals surface area contributed by atoms with E-state index in [4.69, 9.17) is 14.5 Å². The van der Waals surface area contributed by atoms with Gasteiger partial charge in [-0.15, -0.1) is 48.0 Å². The number of benzene rings is 1. The number of fused-ring (bicyclic) bond motifs is 1. The first-order valence-electron chi connectivity index (χ1n) is 8.38. The number of imidazole rings is 1. The zero-order valence-corrected chi connectivity index (χ0v) is 19.3. The van der Waals surface area contributed by atoms with Crippen molar-refractivity contribution in [1.82, 2.24) is 14.9 Å². The van der Waals surface area contributed by atoms with Crippen LogP contribution in [0.25, 0.3) is 11.0 Å². The van der Waals surface area contributed by atoms with E-state index in [0.29, 0.717) is 19.8 Å². The molecule has 142 valence electrons. The summed E-state index contributed by atoms with van der Waals surface area (Å²) >= 11 is 0. The molecule has 6 nitrogen and oxygen atoms in total. The fourth-order valence-electron chi connectivity index (χ4n) is 2.97. The highest BCUT2D eigenvalue weighted by Crippen LogP contribution is 2.23. The highest BCUT2D eigenvalue weighted by molar-refractivity contribution is 14.0. The third kappa shape index (κ3) is 6.19. The van der Waals surface area contributed by atoms with Crippen molar-refractivity contribution in [2.75, 3.05) is 58.0 Å². The Kier molecular flexibility index (Phi) is 11.2. The van der Waals surface area contributed by atoms with Gasteiger partial charge in [-0.05, 0) is 25.1 Å². The normalized spacial score (nSPS) is 14.7. The van der Waals surface area contributed by atoms with Crippen molar-refractivity contribution >= 4 is 64.9 Å². The van der Waals surface area contributed by atoms with Gasteiger partial charge in [-0.1, -0.05) is 12.1 Å². The smallest absolute Gasteiger partial charge is 0.206 e. The lowest BCUT2D eigenvalue weighted by molar-refractivity contribution is 0.0670. The lowest BCUT2D eigenvalue weighted by Gasteiger charge is -2.22. The van der Waals surface area contributed by atoms with E-state index in [2.05, 4.69) is 33.0 Å². The molecule has 2 aromatic rings. The number of hydrogen-bond acceptors (Lipinski definition) is 5. The fourth-order valence-corrected chi connectivity index (χ4v) is 2.97. The van der Waals surface area contributed by atoms with Crippen LogP contribution in [0.4, 0.5) is 5.95 Å². The average Bonchev–Trinajstić information content (AvgIpc) is 2.75. The summed E-state index contributed by atoms with van der Waals surface area (Å²) in [5.41, 5.74) is 2.23. The number of para-hydroxylation sites is 2. The first-order chi connectivity index (χ1) is 11.4. The molecular formula is C17H28I2N4O2. The molecule has 0 unspecified atom stereocenters. The summed E-state index contributed by atoms with van der Waals surface area (Å²) in [5.74, 6) is 1.06. The summed E-state index contributed by atoms with van der Waals surface area (Å²) in [7, 11) is 1.69. The van der Waals surface area contributed by atoms with Gasteiger partial charge in [0.2, 0.25) is 5.95 Å². The van der Waals surface area contributed by atoms with Gasteiger partial charge in [0.15, 0.2) is 0 Å². The number of aromatic nitrogens is 2. The second-order valence-corrected chi connectivity index (χ2v) is 5.75. The van der Waals surface area contributed by atoms with Gasteiger partial charge < -0.3 is 24.3 Å². The van der Waals surface area contributed by atoms with Crippen LogP contribution in [0.1, 0.15) is 6.42 Å². The van der Waals surface area contributed by atoms with Gasteiger partial charge in [0.05, 0.1) is 30.9 Å². The molecule has 1 aromatic heterocycles. The molecule has 8 heteroatoms. The van der Waals surface area contributed by atoms with Crippen molar-refractivity contribution in [1.29, 1.82) is 0 Å². The van der Waals surface area contributed by atoms with E-state index in [9.17, 15) is 0 Å². The Morgan fingerprint density at radius 3 is 2.76 bits per heavy atom. The van der Waals surface area contributed by atoms with Crippen LogP contribution in [0.15, 0.2) is 24.3 Å². The molecule has 1 aromatic carbocycles. The highest BCUT2D eigenvalue weighted by Gasteiger charge is 2.17. The number of rotatable bonds is 7. The SMILES string of the molecule is COCCOCCn1c(N2CCCNCC2)nc2ccccc21.I.I. The molecule has 2 heterocycles. The van der Waals surface area contributed by atoms with Crippen molar-refractivity contribution in [3.05, 3.63) is 24.3 Å². The largest absolute Gasteiger partial charge is 0.382 e. The average molecular weight is 574 g/mol. The number of nitrogens with zero attached hydrogens (tertiary/aromatic N) is 3. The second kappa shape index (κ2) is 12.3. The number of ether oxygens (including phenoxy) is 2. The maximum absolute atomic E-state index is 5.66. The number of nitrogens with one attached hydrogen (secondary N) is 1. The van der Waals surface area contributed by atoms with Gasteiger partial charge in [0.25, 0.3) is 0 Å². The molecule has 1 N–H and O–H groups in total. The molecule has 1 saturated heterocycles. The maximum atomic E-state index is 5.66. The minimum Gasteiger partial charge on any atom is -0.382 e. The molecule has 0 bridgehead atoms. The van der Waals surface area contributed by atoms with Gasteiger partial charge in [-0.3, -0.25) is 0 Å². The number of anilines is 1. The second-order valence-electron chi connectivity index (χ2n) is 5.75. The number of methoxy groups -OCH3 is 1. The summed E-state index contributed by atoms with van der Waals surface area (Å²) in [6, 6.07) is 8.33. The molecule has 25 heavy (non-hydrogen) atoms. The monoisotopic (exact) mass is 574 g/mol. The van der Waals surface area contributed by atoms with Gasteiger partial charge in [0.1, 0.15) is 0 Å². The van der Waals surface area contributed by atoms with Crippen LogP contribution in [0.5, 0.6) is 0 Å². The molecule has 0 spiro atoms. The van der Waals surface area contributed by atoms with Crippen LogP contribution in [-0.4, -0.2) is 62.7 Å². The van der Waals surface area contributed by atoms with E-state index < -0.39 is 0 Å². The van der Waals surface area contributed by atoms with E-state index >= 15 is 0 Å². The molecule has 0 radical (unpaired) electrons. The third-order valence-corrected chi connectivity index (χ3v) is 4.15. The summed E-state index contributed by atoms with van der Waals surface area (Å²) in [5, 5.41) is 3.45. The lowest BCUT2D eigenvalue weighted by atomic mass is 10.3. The predicted octanol–water partition coefficient (Wildman–Crippen LogP) is 2.74. The molecule has 3 rings (SSSR count). The molecule has 0 aliphatic carbocycles. The van der Waals surface area contributed by atoms with Crippen LogP contribution < -0.4 is 10.2 Å². The fraction of sp³-hybridized carbons (Fsp3) is 0.588. The topological polar surface area (TPSA) is 51.6 Å². The molecule has 0 amide bonds. The van der Waals surface area contributed by atoms with Gasteiger partial charge in [0, 0.05) is 33.3 Å². The quantitative estimate of drug-likeness (QED) is 0.408. The standard InChI is InChI=1S/C17H26N4O2.2HI/c1-22-13-14-23-12-11-21-16-6-3-2-5-15(16)19-17(21)20-9-4-7-18-8-10-20;;/h2-3,5-6,18H,4,7-14H2,1H3;2*1H. The van der Waals surface area contributed by atoms with Crippen molar-refractivity contribution in [3.8, 4) is 0 Å². The van der Waals surface area contributed by atoms with Crippen molar-refractivity contribution in [2.24, 2.45) is 0 Å². The Bertz CT molecular complexity index is 616. The predicted molar refractivity (Wildman–Crippen MR) is 123 cm³/mol. The van der Waals surface area contributed by atoms with Crippen LogP contribution in [-0.2, 0) is 16.0 Å². The Balaban J connectivity index is 0.00000156. The van der Waals surface area contributed by atoms with E-state index in [-0.39, 0.29) is 48.0 Å². The molecule has 1 aliphatic rings. The maximum Gasteiger partial charge on any atom is 0.206 e. The lowest BCUT2D eigenvalue weighted by Crippen LogP contribution is -2.30. The Labute approximate surface area is 183 Å². The van der Waals surface area contributed by atoms with Crippen molar-refractivity contribution in [3.63, 3.8) is 0 Å². The van der Waals surface area contributed by atoms with E-state index in [1.807, 2.05) is 6.07 Å². The Hall–Kier alpha value is -0.170. The minimum atomic E-state index is 0. The van der Waals surface area contributed by atoms with Crippen LogP contribution in [0, 0.1) is 0 Å². The van der Waals surface area contributed by atoms with E-state index in [0.717, 1.165) is 50.6 Å². The van der Waals surface area contributed by atoms with E-state index in [1.165, 1.54) is 5.52 Å².